The molecule has 0 bridgehead atoms. The van der Waals surface area contributed by atoms with E-state index in [2.05, 4.69) is 28.1 Å². The van der Waals surface area contributed by atoms with E-state index in [1.54, 1.807) is 0 Å². The number of hydrogen-bond acceptors (Lipinski definition) is 2. The first kappa shape index (κ1) is 17.8. The summed E-state index contributed by atoms with van der Waals surface area (Å²) in [6, 6.07) is 14.0. The van der Waals surface area contributed by atoms with Crippen LogP contribution < -0.4 is 4.74 Å². The zero-order valence-corrected chi connectivity index (χ0v) is 15.1. The summed E-state index contributed by atoms with van der Waals surface area (Å²) in [7, 11) is 0. The Hall–Kier alpha value is -1.53. The van der Waals surface area contributed by atoms with E-state index in [1.807, 2.05) is 30.3 Å². The van der Waals surface area contributed by atoms with E-state index in [1.165, 1.54) is 38.5 Å². The van der Waals surface area contributed by atoms with Gasteiger partial charge < -0.3 is 4.74 Å². The van der Waals surface area contributed by atoms with Crippen molar-refractivity contribution in [1.82, 2.24) is 0 Å². The highest BCUT2D eigenvalue weighted by molar-refractivity contribution is 9.09. The predicted octanol–water partition coefficient (Wildman–Crippen LogP) is 6.22. The maximum absolute atomic E-state index is 8.92. The van der Waals surface area contributed by atoms with Crippen LogP contribution >= 0.6 is 15.9 Å². The van der Waals surface area contributed by atoms with E-state index in [9.17, 15) is 0 Å². The van der Waals surface area contributed by atoms with Crippen molar-refractivity contribution in [3.8, 4) is 11.8 Å². The highest BCUT2D eigenvalue weighted by atomic mass is 79.9. The minimum Gasteiger partial charge on any atom is -0.494 e. The number of nitriles is 1. The van der Waals surface area contributed by atoms with Gasteiger partial charge in [0.15, 0.2) is 0 Å². The molecule has 0 aliphatic carbocycles. The van der Waals surface area contributed by atoms with Crippen LogP contribution in [0.25, 0.3) is 10.8 Å². The van der Waals surface area contributed by atoms with Crippen molar-refractivity contribution < 1.29 is 4.74 Å². The number of fused-ring (bicyclic) bond motifs is 1. The summed E-state index contributed by atoms with van der Waals surface area (Å²) >= 11 is 3.47. The normalized spacial score (nSPS) is 10.6. The molecule has 23 heavy (non-hydrogen) atoms. The lowest BCUT2D eigenvalue weighted by Crippen LogP contribution is -1.97. The number of hydrogen-bond donors (Lipinski definition) is 0. The SMILES string of the molecule is N#Cc1ccc2cc(OCCCCCCCCCBr)ccc2c1. The molecule has 0 amide bonds. The molecular weight excluding hydrogens is 350 g/mol. The van der Waals surface area contributed by atoms with Crippen LogP contribution in [-0.4, -0.2) is 11.9 Å². The molecular formula is C20H24BrNO. The van der Waals surface area contributed by atoms with Gasteiger partial charge in [-0.05, 0) is 47.9 Å². The molecule has 0 saturated heterocycles. The smallest absolute Gasteiger partial charge is 0.119 e. The van der Waals surface area contributed by atoms with E-state index in [-0.39, 0.29) is 0 Å². The number of halogens is 1. The van der Waals surface area contributed by atoms with Gasteiger partial charge in [0.2, 0.25) is 0 Å². The van der Waals surface area contributed by atoms with Gasteiger partial charge in [-0.2, -0.15) is 5.26 Å². The summed E-state index contributed by atoms with van der Waals surface area (Å²) < 4.78 is 5.84. The molecule has 2 aromatic carbocycles. The molecule has 0 radical (unpaired) electrons. The number of unbranched alkanes of at least 4 members (excludes halogenated alkanes) is 6. The van der Waals surface area contributed by atoms with Crippen molar-refractivity contribution in [2.24, 2.45) is 0 Å². The average Bonchev–Trinajstić information content (AvgIpc) is 2.59. The van der Waals surface area contributed by atoms with Crippen LogP contribution in [-0.2, 0) is 0 Å². The zero-order valence-electron chi connectivity index (χ0n) is 13.6. The fourth-order valence-corrected chi connectivity index (χ4v) is 3.05. The summed E-state index contributed by atoms with van der Waals surface area (Å²) in [5.74, 6) is 0.916. The monoisotopic (exact) mass is 373 g/mol. The molecule has 2 nitrogen and oxygen atoms in total. The highest BCUT2D eigenvalue weighted by Crippen LogP contribution is 2.22. The van der Waals surface area contributed by atoms with Crippen molar-refractivity contribution in [3.05, 3.63) is 42.0 Å². The van der Waals surface area contributed by atoms with Gasteiger partial charge >= 0.3 is 0 Å². The van der Waals surface area contributed by atoms with Crippen LogP contribution in [0, 0.1) is 11.3 Å². The number of ether oxygens (including phenoxy) is 1. The molecule has 0 aliphatic rings. The third-order valence-corrected chi connectivity index (χ3v) is 4.55. The Morgan fingerprint density at radius 3 is 2.22 bits per heavy atom. The Balaban J connectivity index is 1.68. The van der Waals surface area contributed by atoms with Gasteiger partial charge in [0, 0.05) is 5.33 Å². The second kappa shape index (κ2) is 10.3. The van der Waals surface area contributed by atoms with E-state index in [0.717, 1.165) is 34.9 Å². The number of rotatable bonds is 10. The van der Waals surface area contributed by atoms with E-state index >= 15 is 0 Å². The van der Waals surface area contributed by atoms with Gasteiger partial charge in [0.25, 0.3) is 0 Å². The van der Waals surface area contributed by atoms with Crippen LogP contribution in [0.2, 0.25) is 0 Å². The Labute approximate surface area is 147 Å². The van der Waals surface area contributed by atoms with Crippen molar-refractivity contribution in [1.29, 1.82) is 5.26 Å². The van der Waals surface area contributed by atoms with Gasteiger partial charge in [-0.25, -0.2) is 0 Å². The Bertz CT molecular complexity index is 648. The first-order chi connectivity index (χ1) is 11.3. The number of alkyl halides is 1. The summed E-state index contributed by atoms with van der Waals surface area (Å²) in [6.07, 6.45) is 8.98. The predicted molar refractivity (Wildman–Crippen MR) is 100 cm³/mol. The third-order valence-electron chi connectivity index (χ3n) is 3.99. The largest absolute Gasteiger partial charge is 0.494 e. The molecule has 0 fully saturated rings. The standard InChI is InChI=1S/C20H24BrNO/c21-12-6-4-2-1-3-5-7-13-23-20-11-10-18-14-17(16-22)8-9-19(18)15-20/h8-11,14-15H,1-7,12-13H2. The zero-order chi connectivity index (χ0) is 16.3. The molecule has 2 rings (SSSR count). The molecule has 0 N–H and O–H groups in total. The molecule has 0 spiro atoms. The molecule has 0 atom stereocenters. The van der Waals surface area contributed by atoms with Gasteiger partial charge in [-0.15, -0.1) is 0 Å². The molecule has 0 unspecified atom stereocenters. The summed E-state index contributed by atoms with van der Waals surface area (Å²) in [5, 5.41) is 12.3. The maximum Gasteiger partial charge on any atom is 0.119 e. The molecule has 122 valence electrons. The lowest BCUT2D eigenvalue weighted by Gasteiger charge is -2.07. The van der Waals surface area contributed by atoms with Gasteiger partial charge in [-0.1, -0.05) is 60.2 Å². The Kier molecular flexibility index (Phi) is 7.97. The van der Waals surface area contributed by atoms with E-state index < -0.39 is 0 Å². The minimum atomic E-state index is 0.697. The summed E-state index contributed by atoms with van der Waals surface area (Å²) in [5.41, 5.74) is 0.697. The second-order valence-electron chi connectivity index (χ2n) is 5.85. The van der Waals surface area contributed by atoms with Crippen molar-refractivity contribution in [3.63, 3.8) is 0 Å². The summed E-state index contributed by atoms with van der Waals surface area (Å²) in [4.78, 5) is 0. The van der Waals surface area contributed by atoms with Crippen LogP contribution in [0.4, 0.5) is 0 Å². The Morgan fingerprint density at radius 1 is 0.826 bits per heavy atom. The lowest BCUT2D eigenvalue weighted by atomic mass is 10.1. The van der Waals surface area contributed by atoms with Crippen molar-refractivity contribution >= 4 is 26.7 Å². The molecule has 3 heteroatoms. The molecule has 0 aromatic heterocycles. The van der Waals surface area contributed by atoms with E-state index in [0.29, 0.717) is 5.56 Å². The molecule has 2 aromatic rings. The first-order valence-electron chi connectivity index (χ1n) is 8.46. The van der Waals surface area contributed by atoms with E-state index in [4.69, 9.17) is 10.00 Å². The van der Waals surface area contributed by atoms with Gasteiger partial charge in [-0.3, -0.25) is 0 Å². The molecule has 0 heterocycles. The van der Waals surface area contributed by atoms with Crippen LogP contribution in [0.5, 0.6) is 5.75 Å². The van der Waals surface area contributed by atoms with Gasteiger partial charge in [0.1, 0.15) is 5.75 Å². The van der Waals surface area contributed by atoms with Crippen molar-refractivity contribution in [2.45, 2.75) is 44.9 Å². The first-order valence-corrected chi connectivity index (χ1v) is 9.58. The van der Waals surface area contributed by atoms with Crippen LogP contribution in [0.15, 0.2) is 36.4 Å². The van der Waals surface area contributed by atoms with Gasteiger partial charge in [0.05, 0.1) is 18.2 Å². The fourth-order valence-electron chi connectivity index (χ4n) is 2.65. The van der Waals surface area contributed by atoms with Crippen LogP contribution in [0.1, 0.15) is 50.5 Å². The minimum absolute atomic E-state index is 0.697. The molecule has 0 saturated carbocycles. The van der Waals surface area contributed by atoms with Crippen molar-refractivity contribution in [2.75, 3.05) is 11.9 Å². The topological polar surface area (TPSA) is 33.0 Å². The highest BCUT2D eigenvalue weighted by Gasteiger charge is 1.99. The Morgan fingerprint density at radius 2 is 1.48 bits per heavy atom. The fraction of sp³-hybridized carbons (Fsp3) is 0.450. The second-order valence-corrected chi connectivity index (χ2v) is 6.64. The number of nitrogens with zero attached hydrogens (tertiary/aromatic N) is 1. The lowest BCUT2D eigenvalue weighted by molar-refractivity contribution is 0.304. The van der Waals surface area contributed by atoms with Crippen LogP contribution in [0.3, 0.4) is 0 Å². The number of benzene rings is 2. The third kappa shape index (κ3) is 6.23. The maximum atomic E-state index is 8.92. The molecule has 0 aliphatic heterocycles. The quantitative estimate of drug-likeness (QED) is 0.366. The average molecular weight is 374 g/mol. The summed E-state index contributed by atoms with van der Waals surface area (Å²) in [6.45, 7) is 0.781.